The van der Waals surface area contributed by atoms with E-state index in [0.29, 0.717) is 11.3 Å². The lowest BCUT2D eigenvalue weighted by Gasteiger charge is -2.10. The van der Waals surface area contributed by atoms with Gasteiger partial charge < -0.3 is 5.32 Å². The number of aryl methyl sites for hydroxylation is 1. The molecule has 0 unspecified atom stereocenters. The Morgan fingerprint density at radius 3 is 2.48 bits per heavy atom. The second-order valence-corrected chi connectivity index (χ2v) is 7.93. The minimum Gasteiger partial charge on any atom is -0.322 e. The van der Waals surface area contributed by atoms with Crippen LogP contribution in [0.3, 0.4) is 0 Å². The van der Waals surface area contributed by atoms with Crippen molar-refractivity contribution < 1.29 is 13.2 Å². The van der Waals surface area contributed by atoms with Gasteiger partial charge in [-0.15, -0.1) is 0 Å². The molecule has 130 valence electrons. The number of nitriles is 1. The molecule has 2 N–H and O–H groups in total. The van der Waals surface area contributed by atoms with Crippen molar-refractivity contribution in [2.24, 2.45) is 0 Å². The van der Waals surface area contributed by atoms with Crippen LogP contribution in [0.1, 0.15) is 22.3 Å². The monoisotopic (exact) mass is 421 g/mol. The molecule has 0 fully saturated rings. The van der Waals surface area contributed by atoms with Crippen LogP contribution in [0, 0.1) is 18.3 Å². The summed E-state index contributed by atoms with van der Waals surface area (Å²) in [4.78, 5) is 12.3. The Morgan fingerprint density at radius 1 is 1.20 bits per heavy atom. The summed E-state index contributed by atoms with van der Waals surface area (Å²) in [6.07, 6.45) is 0.0895. The molecule has 8 heteroatoms. The van der Waals surface area contributed by atoms with Crippen molar-refractivity contribution in [1.82, 2.24) is 4.72 Å². The van der Waals surface area contributed by atoms with Crippen LogP contribution in [0.15, 0.2) is 51.8 Å². The highest BCUT2D eigenvalue weighted by atomic mass is 79.9. The fourth-order valence-corrected chi connectivity index (χ4v) is 3.58. The molecule has 0 aliphatic carbocycles. The summed E-state index contributed by atoms with van der Waals surface area (Å²) in [5, 5.41) is 11.2. The van der Waals surface area contributed by atoms with Crippen molar-refractivity contribution in [3.05, 3.63) is 58.1 Å². The SMILES string of the molecule is Cc1cc(Br)ccc1NC(=O)c1ccc(S(=O)(=O)NCCC#N)cc1. The van der Waals surface area contributed by atoms with E-state index in [1.54, 1.807) is 6.07 Å². The van der Waals surface area contributed by atoms with Gasteiger partial charge in [-0.1, -0.05) is 15.9 Å². The van der Waals surface area contributed by atoms with Crippen LogP contribution in [0.2, 0.25) is 0 Å². The number of rotatable bonds is 6. The van der Waals surface area contributed by atoms with Gasteiger partial charge in [-0.05, 0) is 55.0 Å². The summed E-state index contributed by atoms with van der Waals surface area (Å²) in [5.74, 6) is -0.327. The molecular formula is C17H16BrN3O3S. The zero-order valence-corrected chi connectivity index (χ0v) is 15.8. The second-order valence-electron chi connectivity index (χ2n) is 5.24. The topological polar surface area (TPSA) is 99.1 Å². The third kappa shape index (κ3) is 5.13. The molecule has 0 saturated heterocycles. The number of sulfonamides is 1. The van der Waals surface area contributed by atoms with Gasteiger partial charge in [0.25, 0.3) is 5.91 Å². The van der Waals surface area contributed by atoms with Gasteiger partial charge in [0.05, 0.1) is 11.0 Å². The fourth-order valence-electron chi connectivity index (χ4n) is 2.07. The van der Waals surface area contributed by atoms with E-state index in [1.807, 2.05) is 25.1 Å². The maximum absolute atomic E-state index is 12.3. The molecule has 0 bridgehead atoms. The molecule has 25 heavy (non-hydrogen) atoms. The van der Waals surface area contributed by atoms with E-state index >= 15 is 0 Å². The molecular weight excluding hydrogens is 406 g/mol. The fraction of sp³-hybridized carbons (Fsp3) is 0.176. The van der Waals surface area contributed by atoms with E-state index in [4.69, 9.17) is 5.26 Å². The predicted molar refractivity (Wildman–Crippen MR) is 98.7 cm³/mol. The van der Waals surface area contributed by atoms with Gasteiger partial charge in [-0.25, -0.2) is 13.1 Å². The van der Waals surface area contributed by atoms with Crippen LogP contribution in [0.25, 0.3) is 0 Å². The molecule has 0 heterocycles. The van der Waals surface area contributed by atoms with Crippen LogP contribution in [0.5, 0.6) is 0 Å². The Morgan fingerprint density at radius 2 is 1.88 bits per heavy atom. The van der Waals surface area contributed by atoms with Crippen molar-refractivity contribution in [3.8, 4) is 6.07 Å². The Labute approximate surface area is 155 Å². The van der Waals surface area contributed by atoms with Crippen molar-refractivity contribution in [2.75, 3.05) is 11.9 Å². The summed E-state index contributed by atoms with van der Waals surface area (Å²) in [6, 6.07) is 13.0. The van der Waals surface area contributed by atoms with Gasteiger partial charge in [-0.2, -0.15) is 5.26 Å². The molecule has 2 aromatic rings. The van der Waals surface area contributed by atoms with E-state index in [0.717, 1.165) is 10.0 Å². The van der Waals surface area contributed by atoms with Crippen LogP contribution >= 0.6 is 15.9 Å². The molecule has 0 radical (unpaired) electrons. The highest BCUT2D eigenvalue weighted by Crippen LogP contribution is 2.21. The number of benzene rings is 2. The lowest BCUT2D eigenvalue weighted by Crippen LogP contribution is -2.24. The Kier molecular flexibility index (Phi) is 6.31. The lowest BCUT2D eigenvalue weighted by molar-refractivity contribution is 0.102. The van der Waals surface area contributed by atoms with Crippen molar-refractivity contribution in [1.29, 1.82) is 5.26 Å². The Balaban J connectivity index is 2.11. The minimum atomic E-state index is -3.68. The van der Waals surface area contributed by atoms with Gasteiger partial charge in [0.1, 0.15) is 0 Å². The maximum atomic E-state index is 12.3. The van der Waals surface area contributed by atoms with Crippen LogP contribution in [0.4, 0.5) is 5.69 Å². The normalized spacial score (nSPS) is 10.9. The van der Waals surface area contributed by atoms with Crippen molar-refractivity contribution >= 4 is 37.5 Å². The first-order valence-corrected chi connectivity index (χ1v) is 9.65. The first-order valence-electron chi connectivity index (χ1n) is 7.37. The first kappa shape index (κ1) is 19.1. The van der Waals surface area contributed by atoms with Gasteiger partial charge in [0.2, 0.25) is 10.0 Å². The number of carbonyl (C=O) groups is 1. The van der Waals surface area contributed by atoms with Gasteiger partial charge >= 0.3 is 0 Å². The first-order chi connectivity index (χ1) is 11.8. The number of anilines is 1. The number of carbonyl (C=O) groups excluding carboxylic acids is 1. The molecule has 6 nitrogen and oxygen atoms in total. The average molecular weight is 422 g/mol. The summed E-state index contributed by atoms with van der Waals surface area (Å²) in [7, 11) is -3.68. The number of amides is 1. The van der Waals surface area contributed by atoms with Crippen molar-refractivity contribution in [3.63, 3.8) is 0 Å². The third-order valence-corrected chi connectivity index (χ3v) is 5.36. The second kappa shape index (κ2) is 8.25. The van der Waals surface area contributed by atoms with Crippen LogP contribution in [-0.4, -0.2) is 20.9 Å². The highest BCUT2D eigenvalue weighted by Gasteiger charge is 2.14. The zero-order chi connectivity index (χ0) is 18.4. The molecule has 2 rings (SSSR count). The van der Waals surface area contributed by atoms with Crippen LogP contribution in [-0.2, 0) is 10.0 Å². The zero-order valence-electron chi connectivity index (χ0n) is 13.4. The third-order valence-electron chi connectivity index (χ3n) is 3.39. The number of hydrogen-bond acceptors (Lipinski definition) is 4. The molecule has 0 aliphatic heterocycles. The molecule has 0 aromatic heterocycles. The Bertz CT molecular complexity index is 919. The largest absolute Gasteiger partial charge is 0.322 e. The standard InChI is InChI=1S/C17H16BrN3O3S/c1-12-11-14(18)5-8-16(12)21-17(22)13-3-6-15(7-4-13)25(23,24)20-10-2-9-19/h3-8,11,20H,2,10H2,1H3,(H,21,22). The predicted octanol–water partition coefficient (Wildman–Crippen LogP) is 3.20. The molecule has 0 spiro atoms. The number of hydrogen-bond donors (Lipinski definition) is 2. The van der Waals surface area contributed by atoms with E-state index in [2.05, 4.69) is 26.0 Å². The van der Waals surface area contributed by atoms with E-state index in [9.17, 15) is 13.2 Å². The van der Waals surface area contributed by atoms with Crippen molar-refractivity contribution in [2.45, 2.75) is 18.2 Å². The summed E-state index contributed by atoms with van der Waals surface area (Å²) < 4.78 is 27.3. The quantitative estimate of drug-likeness (QED) is 0.699. The van der Waals surface area contributed by atoms with E-state index < -0.39 is 10.0 Å². The lowest BCUT2D eigenvalue weighted by atomic mass is 10.1. The molecule has 0 saturated carbocycles. The number of halogens is 1. The smallest absolute Gasteiger partial charge is 0.255 e. The van der Waals surface area contributed by atoms with Gasteiger partial charge in [0, 0.05) is 28.7 Å². The van der Waals surface area contributed by atoms with Gasteiger partial charge in [0.15, 0.2) is 0 Å². The minimum absolute atomic E-state index is 0.0433. The van der Waals surface area contributed by atoms with E-state index in [-0.39, 0.29) is 23.8 Å². The molecule has 2 aromatic carbocycles. The highest BCUT2D eigenvalue weighted by molar-refractivity contribution is 9.10. The summed E-state index contributed by atoms with van der Waals surface area (Å²) >= 11 is 3.36. The summed E-state index contributed by atoms with van der Waals surface area (Å²) in [5.41, 5.74) is 1.94. The Hall–Kier alpha value is -2.21. The summed E-state index contributed by atoms with van der Waals surface area (Å²) in [6.45, 7) is 1.92. The number of nitrogens with zero attached hydrogens (tertiary/aromatic N) is 1. The molecule has 1 amide bonds. The number of nitrogens with one attached hydrogen (secondary N) is 2. The molecule has 0 atom stereocenters. The molecule has 0 aliphatic rings. The average Bonchev–Trinajstić information content (AvgIpc) is 2.57. The maximum Gasteiger partial charge on any atom is 0.255 e. The van der Waals surface area contributed by atoms with Crippen LogP contribution < -0.4 is 10.0 Å². The van der Waals surface area contributed by atoms with Gasteiger partial charge in [-0.3, -0.25) is 4.79 Å². The van der Waals surface area contributed by atoms with E-state index in [1.165, 1.54) is 24.3 Å².